The second kappa shape index (κ2) is 9.08. The lowest BCUT2D eigenvalue weighted by atomic mass is 10.0. The number of hydrogen-bond acceptors (Lipinski definition) is 3. The lowest BCUT2D eigenvalue weighted by molar-refractivity contribution is 0.0932. The molecular weight excluding hydrogens is 290 g/mol. The Kier molecular flexibility index (Phi) is 6.78. The maximum Gasteiger partial charge on any atom is 0.251 e. The van der Waals surface area contributed by atoms with E-state index in [2.05, 4.69) is 5.32 Å². The predicted octanol–water partition coefficient (Wildman–Crippen LogP) is 3.08. The smallest absolute Gasteiger partial charge is 0.251 e. The highest BCUT2D eigenvalue weighted by molar-refractivity contribution is 5.94. The van der Waals surface area contributed by atoms with Crippen molar-refractivity contribution in [1.82, 2.24) is 5.32 Å². The van der Waals surface area contributed by atoms with Crippen molar-refractivity contribution < 1.29 is 14.6 Å². The maximum absolute atomic E-state index is 12.5. The third-order valence-corrected chi connectivity index (χ3v) is 3.66. The lowest BCUT2D eigenvalue weighted by Gasteiger charge is -2.19. The van der Waals surface area contributed by atoms with E-state index in [4.69, 9.17) is 9.84 Å². The summed E-state index contributed by atoms with van der Waals surface area (Å²) >= 11 is 0. The van der Waals surface area contributed by atoms with E-state index >= 15 is 0 Å². The molecule has 0 saturated heterocycles. The average molecular weight is 313 g/mol. The fourth-order valence-corrected chi connectivity index (χ4v) is 2.51. The molecule has 0 fully saturated rings. The number of carbonyl (C=O) groups is 1. The highest BCUT2D eigenvalue weighted by Gasteiger charge is 2.15. The molecule has 1 amide bonds. The van der Waals surface area contributed by atoms with Gasteiger partial charge in [-0.15, -0.1) is 0 Å². The van der Waals surface area contributed by atoms with Crippen molar-refractivity contribution in [2.24, 2.45) is 0 Å². The number of carbonyl (C=O) groups excluding carboxylic acids is 1. The number of rotatable bonds is 8. The molecule has 0 aliphatic rings. The molecule has 0 saturated carbocycles. The summed E-state index contributed by atoms with van der Waals surface area (Å²) in [4.78, 5) is 12.5. The van der Waals surface area contributed by atoms with Crippen LogP contribution in [0.15, 0.2) is 54.6 Å². The number of hydrogen-bond donors (Lipinski definition) is 2. The number of amides is 1. The van der Waals surface area contributed by atoms with Crippen LogP contribution in [0.25, 0.3) is 0 Å². The van der Waals surface area contributed by atoms with Crippen molar-refractivity contribution in [1.29, 1.82) is 0 Å². The summed E-state index contributed by atoms with van der Waals surface area (Å²) in [5, 5.41) is 12.1. The monoisotopic (exact) mass is 313 g/mol. The Labute approximate surface area is 137 Å². The molecule has 1 unspecified atom stereocenters. The van der Waals surface area contributed by atoms with Gasteiger partial charge >= 0.3 is 0 Å². The van der Waals surface area contributed by atoms with Crippen LogP contribution >= 0.6 is 0 Å². The van der Waals surface area contributed by atoms with E-state index in [1.807, 2.05) is 48.5 Å². The van der Waals surface area contributed by atoms with Crippen LogP contribution in [0.2, 0.25) is 0 Å². The van der Waals surface area contributed by atoms with Gasteiger partial charge in [-0.25, -0.2) is 0 Å². The van der Waals surface area contributed by atoms with Crippen molar-refractivity contribution in [2.75, 3.05) is 13.7 Å². The largest absolute Gasteiger partial charge is 0.396 e. The first-order chi connectivity index (χ1) is 11.2. The van der Waals surface area contributed by atoms with Crippen LogP contribution in [0.3, 0.4) is 0 Å². The molecule has 122 valence electrons. The number of aliphatic hydroxyl groups excluding tert-OH is 1. The first-order valence-corrected chi connectivity index (χ1v) is 7.79. The summed E-state index contributed by atoms with van der Waals surface area (Å²) in [6.07, 6.45) is 1.34. The van der Waals surface area contributed by atoms with E-state index < -0.39 is 0 Å². The summed E-state index contributed by atoms with van der Waals surface area (Å²) in [7, 11) is 1.63. The summed E-state index contributed by atoms with van der Waals surface area (Å²) in [6, 6.07) is 17.1. The number of benzene rings is 2. The minimum atomic E-state index is -0.116. The Hall–Kier alpha value is -2.17. The van der Waals surface area contributed by atoms with E-state index in [0.29, 0.717) is 25.0 Å². The fourth-order valence-electron chi connectivity index (χ4n) is 2.51. The first-order valence-electron chi connectivity index (χ1n) is 7.79. The van der Waals surface area contributed by atoms with Gasteiger partial charge in [0.2, 0.25) is 0 Å². The summed E-state index contributed by atoms with van der Waals surface area (Å²) < 4.78 is 5.11. The highest BCUT2D eigenvalue weighted by Crippen LogP contribution is 2.19. The molecule has 4 nitrogen and oxygen atoms in total. The van der Waals surface area contributed by atoms with Gasteiger partial charge in [-0.05, 0) is 36.1 Å². The first kappa shape index (κ1) is 17.2. The Balaban J connectivity index is 2.12. The van der Waals surface area contributed by atoms with Gasteiger partial charge in [0.05, 0.1) is 12.6 Å². The molecule has 4 heteroatoms. The molecule has 0 bridgehead atoms. The van der Waals surface area contributed by atoms with Gasteiger partial charge in [-0.3, -0.25) is 4.79 Å². The molecule has 0 heterocycles. The van der Waals surface area contributed by atoms with Crippen LogP contribution in [0, 0.1) is 0 Å². The quantitative estimate of drug-likeness (QED) is 0.787. The molecular formula is C19H23NO3. The predicted molar refractivity (Wildman–Crippen MR) is 90.1 cm³/mol. The zero-order chi connectivity index (χ0) is 16.5. The van der Waals surface area contributed by atoms with Gasteiger partial charge in [0.1, 0.15) is 0 Å². The molecule has 0 spiro atoms. The van der Waals surface area contributed by atoms with Crippen LogP contribution in [0.4, 0.5) is 0 Å². The van der Waals surface area contributed by atoms with E-state index in [9.17, 15) is 4.79 Å². The molecule has 2 N–H and O–H groups in total. The van der Waals surface area contributed by atoms with E-state index in [1.54, 1.807) is 13.2 Å². The summed E-state index contributed by atoms with van der Waals surface area (Å²) in [6.45, 7) is 0.594. The van der Waals surface area contributed by atoms with Crippen LogP contribution < -0.4 is 5.32 Å². The molecule has 0 aliphatic heterocycles. The minimum absolute atomic E-state index is 0.109. The Bertz CT molecular complexity index is 613. The summed E-state index contributed by atoms with van der Waals surface area (Å²) in [5.74, 6) is -0.116. The number of aliphatic hydroxyl groups is 1. The molecule has 1 atom stereocenters. The van der Waals surface area contributed by atoms with Gasteiger partial charge in [0.15, 0.2) is 0 Å². The minimum Gasteiger partial charge on any atom is -0.396 e. The molecule has 2 aromatic carbocycles. The molecule has 0 radical (unpaired) electrons. The van der Waals surface area contributed by atoms with Gasteiger partial charge in [-0.2, -0.15) is 0 Å². The topological polar surface area (TPSA) is 58.6 Å². The van der Waals surface area contributed by atoms with Crippen molar-refractivity contribution in [3.63, 3.8) is 0 Å². The van der Waals surface area contributed by atoms with Gasteiger partial charge in [-0.1, -0.05) is 42.5 Å². The van der Waals surface area contributed by atoms with Crippen LogP contribution in [0.5, 0.6) is 0 Å². The Morgan fingerprint density at radius 2 is 1.96 bits per heavy atom. The third-order valence-electron chi connectivity index (χ3n) is 3.66. The molecule has 2 aromatic rings. The van der Waals surface area contributed by atoms with Crippen molar-refractivity contribution in [3.8, 4) is 0 Å². The van der Waals surface area contributed by atoms with Gasteiger partial charge < -0.3 is 15.2 Å². The maximum atomic E-state index is 12.5. The normalized spacial score (nSPS) is 11.9. The Morgan fingerprint density at radius 1 is 1.17 bits per heavy atom. The zero-order valence-electron chi connectivity index (χ0n) is 13.4. The van der Waals surface area contributed by atoms with Gasteiger partial charge in [0, 0.05) is 19.3 Å². The van der Waals surface area contributed by atoms with E-state index in [1.165, 1.54) is 0 Å². The highest BCUT2D eigenvalue weighted by atomic mass is 16.5. The fraction of sp³-hybridized carbons (Fsp3) is 0.316. The van der Waals surface area contributed by atoms with Crippen LogP contribution in [-0.4, -0.2) is 24.7 Å². The second-order valence-corrected chi connectivity index (χ2v) is 5.44. The third kappa shape index (κ3) is 5.20. The Morgan fingerprint density at radius 3 is 2.65 bits per heavy atom. The number of ether oxygens (including phenoxy) is 1. The molecule has 2 rings (SSSR count). The zero-order valence-corrected chi connectivity index (χ0v) is 13.4. The van der Waals surface area contributed by atoms with Crippen molar-refractivity contribution in [3.05, 3.63) is 71.3 Å². The second-order valence-electron chi connectivity index (χ2n) is 5.44. The van der Waals surface area contributed by atoms with Crippen LogP contribution in [0.1, 0.15) is 40.4 Å². The summed E-state index contributed by atoms with van der Waals surface area (Å²) in [5.41, 5.74) is 2.62. The average Bonchev–Trinajstić information content (AvgIpc) is 2.59. The standard InChI is InChI=1S/C19H23NO3/c1-23-14-15-7-5-10-17(13-15)19(22)20-18(11-6-12-21)16-8-3-2-4-9-16/h2-5,7-10,13,18,21H,6,11-12,14H2,1H3,(H,20,22). The lowest BCUT2D eigenvalue weighted by Crippen LogP contribution is -2.28. The SMILES string of the molecule is COCc1cccc(C(=O)NC(CCCO)c2ccccc2)c1. The molecule has 23 heavy (non-hydrogen) atoms. The molecule has 0 aliphatic carbocycles. The van der Waals surface area contributed by atoms with Crippen molar-refractivity contribution in [2.45, 2.75) is 25.5 Å². The van der Waals surface area contributed by atoms with E-state index in [-0.39, 0.29) is 18.6 Å². The van der Waals surface area contributed by atoms with Crippen molar-refractivity contribution >= 4 is 5.91 Å². The number of nitrogens with one attached hydrogen (secondary N) is 1. The molecule has 0 aromatic heterocycles. The van der Waals surface area contributed by atoms with Crippen LogP contribution in [-0.2, 0) is 11.3 Å². The van der Waals surface area contributed by atoms with Gasteiger partial charge in [0.25, 0.3) is 5.91 Å². The van der Waals surface area contributed by atoms with E-state index in [0.717, 1.165) is 11.1 Å². The number of methoxy groups -OCH3 is 1.